The lowest BCUT2D eigenvalue weighted by molar-refractivity contribution is -0.129. The number of nitrogens with one attached hydrogen (secondary N) is 2. The van der Waals surface area contributed by atoms with E-state index in [1.165, 1.54) is 38.2 Å². The van der Waals surface area contributed by atoms with Crippen molar-refractivity contribution in [2.24, 2.45) is 5.92 Å². The molecule has 0 radical (unpaired) electrons. The molecule has 10 bridgehead atoms. The average molecular weight is 562 g/mol. The molecule has 41 heavy (non-hydrogen) atoms. The van der Waals surface area contributed by atoms with Gasteiger partial charge in [-0.3, -0.25) is 14.4 Å². The first-order valence-electron chi connectivity index (χ1n) is 12.7. The molecule has 15 nitrogen and oxygen atoms in total. The number of amides is 2. The number of rotatable bonds is 1. The standard InChI is InChI=1S/C26H23N7O8/c1-11(2)19-18(34)5-4-13-6-37-22(28-13)14-7-38-23(29-14)15-8-39-24(30-15)16-9-40-25(31-16)17-10-41-26(32-17)21(36)27-12(3)20(35)33-19/h6-12,19H,4-5H2,1-3H3,(H,27,36)(H,33,35). The molecule has 1 aliphatic rings. The summed E-state index contributed by atoms with van der Waals surface area (Å²) in [5.41, 5.74) is 1.52. The second-order valence-corrected chi connectivity index (χ2v) is 9.69. The maximum Gasteiger partial charge on any atom is 0.307 e. The van der Waals surface area contributed by atoms with Crippen molar-refractivity contribution in [1.82, 2.24) is 35.6 Å². The highest BCUT2D eigenvalue weighted by molar-refractivity contribution is 5.96. The highest BCUT2D eigenvalue weighted by Crippen LogP contribution is 2.28. The summed E-state index contributed by atoms with van der Waals surface area (Å²) < 4.78 is 27.4. The van der Waals surface area contributed by atoms with Crippen LogP contribution in [0.25, 0.3) is 46.3 Å². The minimum Gasteiger partial charge on any atom is -0.443 e. The highest BCUT2D eigenvalue weighted by atomic mass is 16.4. The van der Waals surface area contributed by atoms with Crippen LogP contribution in [0.1, 0.15) is 43.6 Å². The van der Waals surface area contributed by atoms with E-state index in [0.29, 0.717) is 17.1 Å². The summed E-state index contributed by atoms with van der Waals surface area (Å²) in [6.45, 7) is 5.12. The molecule has 2 atom stereocenters. The molecule has 0 saturated heterocycles. The molecule has 1 aliphatic heterocycles. The quantitative estimate of drug-likeness (QED) is 0.302. The second-order valence-electron chi connectivity index (χ2n) is 9.69. The molecule has 2 amide bonds. The van der Waals surface area contributed by atoms with Crippen molar-refractivity contribution in [3.05, 3.63) is 42.9 Å². The SMILES string of the molecule is CC1NC(=O)c2nc(co2)-c2nc(co2)-c2nc(co2)-c2nc(co2)-c2nc(co2)CCC(=O)C(C(C)C)NC1=O. The van der Waals surface area contributed by atoms with Crippen molar-refractivity contribution in [3.8, 4) is 46.3 Å². The number of carbonyl (C=O) groups excluding carboxylic acids is 3. The van der Waals surface area contributed by atoms with Gasteiger partial charge in [0.15, 0.2) is 28.6 Å². The van der Waals surface area contributed by atoms with Gasteiger partial charge in [0.2, 0.25) is 29.5 Å². The fourth-order valence-electron chi connectivity index (χ4n) is 4.11. The summed E-state index contributed by atoms with van der Waals surface area (Å²) in [7, 11) is 0. The predicted molar refractivity (Wildman–Crippen MR) is 136 cm³/mol. The lowest BCUT2D eigenvalue weighted by atomic mass is 9.96. The van der Waals surface area contributed by atoms with Crippen molar-refractivity contribution in [3.63, 3.8) is 0 Å². The number of Topliss-reactive ketones (excluding diaryl/α,β-unsaturated/α-hetero) is 1. The molecule has 5 aromatic rings. The molecular weight excluding hydrogens is 538 g/mol. The van der Waals surface area contributed by atoms with Crippen LogP contribution < -0.4 is 10.6 Å². The fraction of sp³-hybridized carbons (Fsp3) is 0.308. The van der Waals surface area contributed by atoms with E-state index in [-0.39, 0.29) is 65.4 Å². The van der Waals surface area contributed by atoms with Gasteiger partial charge in [-0.2, -0.15) is 4.98 Å². The molecule has 2 unspecified atom stereocenters. The van der Waals surface area contributed by atoms with Crippen LogP contribution in [-0.2, 0) is 16.0 Å². The Balaban J connectivity index is 1.33. The molecule has 5 aromatic heterocycles. The summed E-state index contributed by atoms with van der Waals surface area (Å²) in [5, 5.41) is 5.25. The normalized spacial score (nSPS) is 18.2. The van der Waals surface area contributed by atoms with E-state index in [9.17, 15) is 14.4 Å². The van der Waals surface area contributed by atoms with Gasteiger partial charge < -0.3 is 32.7 Å². The first-order chi connectivity index (χ1) is 19.7. The van der Waals surface area contributed by atoms with E-state index < -0.39 is 23.9 Å². The maximum absolute atomic E-state index is 13.0. The number of hydrogen-bond donors (Lipinski definition) is 2. The van der Waals surface area contributed by atoms with E-state index in [2.05, 4.69) is 35.6 Å². The number of nitrogens with zero attached hydrogens (tertiary/aromatic N) is 5. The molecular formula is C26H23N7O8. The summed E-state index contributed by atoms with van der Waals surface area (Å²) >= 11 is 0. The van der Waals surface area contributed by atoms with Crippen LogP contribution in [0.5, 0.6) is 0 Å². The molecule has 0 saturated carbocycles. The largest absolute Gasteiger partial charge is 0.443 e. The zero-order chi connectivity index (χ0) is 28.7. The molecule has 2 N–H and O–H groups in total. The maximum atomic E-state index is 13.0. The van der Waals surface area contributed by atoms with Gasteiger partial charge in [0.25, 0.3) is 5.89 Å². The van der Waals surface area contributed by atoms with Gasteiger partial charge >= 0.3 is 5.91 Å². The molecule has 15 heteroatoms. The highest BCUT2D eigenvalue weighted by Gasteiger charge is 2.28. The number of ketones is 1. The Morgan fingerprint density at radius 2 is 1.12 bits per heavy atom. The Kier molecular flexibility index (Phi) is 6.53. The lowest BCUT2D eigenvalue weighted by Crippen LogP contribution is -2.52. The van der Waals surface area contributed by atoms with E-state index in [1.807, 2.05) is 13.8 Å². The molecule has 0 aliphatic carbocycles. The van der Waals surface area contributed by atoms with Crippen LogP contribution >= 0.6 is 0 Å². The van der Waals surface area contributed by atoms with Crippen molar-refractivity contribution >= 4 is 17.6 Å². The lowest BCUT2D eigenvalue weighted by Gasteiger charge is -2.23. The van der Waals surface area contributed by atoms with Crippen molar-refractivity contribution in [2.45, 2.75) is 45.7 Å². The van der Waals surface area contributed by atoms with Crippen LogP contribution in [0.2, 0.25) is 0 Å². The van der Waals surface area contributed by atoms with Gasteiger partial charge in [0, 0.05) is 6.42 Å². The van der Waals surface area contributed by atoms with Gasteiger partial charge in [0.1, 0.15) is 37.4 Å². The topological polar surface area (TPSA) is 205 Å². The molecule has 0 aromatic carbocycles. The van der Waals surface area contributed by atoms with Gasteiger partial charge in [-0.15, -0.1) is 0 Å². The summed E-state index contributed by atoms with van der Waals surface area (Å²) in [6, 6.07) is -1.77. The Morgan fingerprint density at radius 1 is 0.659 bits per heavy atom. The number of oxazole rings is 5. The average Bonchev–Trinajstić information content (AvgIpc) is 3.78. The van der Waals surface area contributed by atoms with E-state index in [1.54, 1.807) is 0 Å². The van der Waals surface area contributed by atoms with Crippen LogP contribution in [-0.4, -0.2) is 54.6 Å². The number of aryl methyl sites for hydroxylation is 1. The van der Waals surface area contributed by atoms with E-state index in [4.69, 9.17) is 22.1 Å². The Bertz CT molecular complexity index is 1740. The van der Waals surface area contributed by atoms with Gasteiger partial charge in [-0.05, 0) is 19.3 Å². The van der Waals surface area contributed by atoms with Crippen molar-refractivity contribution < 1.29 is 36.5 Å². The van der Waals surface area contributed by atoms with Crippen molar-refractivity contribution in [2.75, 3.05) is 0 Å². The van der Waals surface area contributed by atoms with Crippen LogP contribution in [0.3, 0.4) is 0 Å². The Labute approximate surface area is 230 Å². The third-order valence-corrected chi connectivity index (χ3v) is 6.32. The van der Waals surface area contributed by atoms with Crippen LogP contribution in [0, 0.1) is 5.92 Å². The van der Waals surface area contributed by atoms with Gasteiger partial charge in [0.05, 0.1) is 11.7 Å². The fourth-order valence-corrected chi connectivity index (χ4v) is 4.11. The zero-order valence-corrected chi connectivity index (χ0v) is 22.0. The van der Waals surface area contributed by atoms with Crippen LogP contribution in [0.4, 0.5) is 0 Å². The minimum absolute atomic E-state index is 0.0409. The van der Waals surface area contributed by atoms with Gasteiger partial charge in [-0.25, -0.2) is 19.9 Å². The van der Waals surface area contributed by atoms with Gasteiger partial charge in [-0.1, -0.05) is 13.8 Å². The number of aromatic nitrogens is 5. The Morgan fingerprint density at radius 3 is 1.66 bits per heavy atom. The molecule has 6 rings (SSSR count). The monoisotopic (exact) mass is 561 g/mol. The summed E-state index contributed by atoms with van der Waals surface area (Å²) in [4.78, 5) is 60.2. The first-order valence-corrected chi connectivity index (χ1v) is 12.7. The predicted octanol–water partition coefficient (Wildman–Crippen LogP) is 3.07. The second kappa shape index (κ2) is 10.3. The zero-order valence-electron chi connectivity index (χ0n) is 22.0. The number of hydrogen-bond acceptors (Lipinski definition) is 13. The Hall–Kier alpha value is -5.34. The van der Waals surface area contributed by atoms with E-state index >= 15 is 0 Å². The van der Waals surface area contributed by atoms with Crippen molar-refractivity contribution in [1.29, 1.82) is 0 Å². The molecule has 210 valence electrons. The smallest absolute Gasteiger partial charge is 0.307 e. The minimum atomic E-state index is -0.990. The van der Waals surface area contributed by atoms with E-state index in [0.717, 1.165) is 0 Å². The first kappa shape index (κ1) is 25.9. The molecule has 0 spiro atoms. The number of fused-ring (bicyclic) bond motifs is 14. The molecule has 6 heterocycles. The third-order valence-electron chi connectivity index (χ3n) is 6.32. The van der Waals surface area contributed by atoms with Crippen LogP contribution in [0.15, 0.2) is 53.4 Å². The summed E-state index contributed by atoms with van der Waals surface area (Å²) in [5.74, 6) is -1.47. The third kappa shape index (κ3) is 5.16. The summed E-state index contributed by atoms with van der Waals surface area (Å²) in [6.07, 6.45) is 7.00. The number of carbonyl (C=O) groups is 3. The molecule has 0 fully saturated rings.